The predicted molar refractivity (Wildman–Crippen MR) is 117 cm³/mol. The number of carbonyl (C=O) groups is 1. The van der Waals surface area contributed by atoms with Crippen LogP contribution in [0.1, 0.15) is 43.0 Å². The van der Waals surface area contributed by atoms with Crippen LogP contribution in [0.2, 0.25) is 0 Å². The van der Waals surface area contributed by atoms with Crippen LogP contribution in [0.15, 0.2) is 42.5 Å². The molecule has 2 atom stereocenters. The zero-order chi connectivity index (χ0) is 21.8. The number of carbonyl (C=O) groups excluding carboxylic acids is 1. The minimum Gasteiger partial charge on any atom is -0.496 e. The smallest absolute Gasteiger partial charge is 0.244 e. The minimum absolute atomic E-state index is 0.338. The van der Waals surface area contributed by atoms with Crippen LogP contribution in [-0.2, 0) is 14.8 Å². The van der Waals surface area contributed by atoms with Crippen molar-refractivity contribution >= 4 is 21.6 Å². The Morgan fingerprint density at radius 3 is 2.24 bits per heavy atom. The highest BCUT2D eigenvalue weighted by molar-refractivity contribution is 7.92. The quantitative estimate of drug-likeness (QED) is 0.709. The Balaban J connectivity index is 2.38. The summed E-state index contributed by atoms with van der Waals surface area (Å²) in [6.45, 7) is 7.46. The van der Waals surface area contributed by atoms with Crippen molar-refractivity contribution in [2.45, 2.75) is 46.2 Å². The zero-order valence-electron chi connectivity index (χ0n) is 17.9. The van der Waals surface area contributed by atoms with Gasteiger partial charge in [0.1, 0.15) is 11.8 Å². The van der Waals surface area contributed by atoms with Crippen molar-refractivity contribution in [3.05, 3.63) is 59.2 Å². The summed E-state index contributed by atoms with van der Waals surface area (Å²) in [4.78, 5) is 13.1. The molecule has 2 rings (SSSR count). The lowest BCUT2D eigenvalue weighted by atomic mass is 10.1. The van der Waals surface area contributed by atoms with Crippen molar-refractivity contribution in [3.8, 4) is 5.75 Å². The number of hydrogen-bond donors (Lipinski definition) is 1. The Labute approximate surface area is 173 Å². The molecule has 7 heteroatoms. The van der Waals surface area contributed by atoms with Gasteiger partial charge in [0.15, 0.2) is 0 Å². The number of benzene rings is 2. The van der Waals surface area contributed by atoms with Crippen molar-refractivity contribution in [2.75, 3.05) is 17.7 Å². The van der Waals surface area contributed by atoms with E-state index < -0.39 is 16.1 Å². The normalized spacial score (nSPS) is 13.4. The average Bonchev–Trinajstić information content (AvgIpc) is 2.63. The van der Waals surface area contributed by atoms with Gasteiger partial charge in [-0.05, 0) is 56.5 Å². The van der Waals surface area contributed by atoms with Gasteiger partial charge >= 0.3 is 0 Å². The van der Waals surface area contributed by atoms with Crippen LogP contribution >= 0.6 is 0 Å². The third kappa shape index (κ3) is 5.50. The SMILES string of the molecule is CC[C@H](C(=O)N[C@H](C)c1ccccc1OC)N(c1cc(C)cc(C)c1)S(C)(=O)=O. The van der Waals surface area contributed by atoms with E-state index in [0.717, 1.165) is 22.9 Å². The van der Waals surface area contributed by atoms with Crippen LogP contribution in [-0.4, -0.2) is 33.7 Å². The Morgan fingerprint density at radius 1 is 1.14 bits per heavy atom. The molecule has 158 valence electrons. The molecule has 0 fully saturated rings. The van der Waals surface area contributed by atoms with Crippen molar-refractivity contribution < 1.29 is 17.9 Å². The highest BCUT2D eigenvalue weighted by Crippen LogP contribution is 2.27. The average molecular weight is 419 g/mol. The number of aryl methyl sites for hydroxylation is 2. The van der Waals surface area contributed by atoms with E-state index in [1.165, 1.54) is 4.31 Å². The number of sulfonamides is 1. The highest BCUT2D eigenvalue weighted by atomic mass is 32.2. The number of amides is 1. The van der Waals surface area contributed by atoms with Gasteiger partial charge in [0.2, 0.25) is 15.9 Å². The van der Waals surface area contributed by atoms with Gasteiger partial charge in [-0.3, -0.25) is 9.10 Å². The third-order valence-corrected chi connectivity index (χ3v) is 5.93. The van der Waals surface area contributed by atoms with E-state index in [-0.39, 0.29) is 11.9 Å². The topological polar surface area (TPSA) is 75.7 Å². The molecule has 6 nitrogen and oxygen atoms in total. The number of rotatable bonds is 8. The molecule has 0 radical (unpaired) electrons. The van der Waals surface area contributed by atoms with Gasteiger partial charge in [-0.1, -0.05) is 31.2 Å². The largest absolute Gasteiger partial charge is 0.496 e. The van der Waals surface area contributed by atoms with Crippen LogP contribution in [0, 0.1) is 13.8 Å². The summed E-state index contributed by atoms with van der Waals surface area (Å²) in [5, 5.41) is 2.95. The van der Waals surface area contributed by atoms with Crippen LogP contribution < -0.4 is 14.4 Å². The van der Waals surface area contributed by atoms with Gasteiger partial charge in [0, 0.05) is 5.56 Å². The van der Waals surface area contributed by atoms with E-state index in [1.54, 1.807) is 26.2 Å². The van der Waals surface area contributed by atoms with Crippen LogP contribution in [0.25, 0.3) is 0 Å². The first kappa shape index (κ1) is 22.7. The monoisotopic (exact) mass is 418 g/mol. The minimum atomic E-state index is -3.67. The van der Waals surface area contributed by atoms with Gasteiger partial charge in [-0.25, -0.2) is 8.42 Å². The van der Waals surface area contributed by atoms with Crippen LogP contribution in [0.3, 0.4) is 0 Å². The molecule has 0 aliphatic heterocycles. The van der Waals surface area contributed by atoms with Crippen molar-refractivity contribution in [2.24, 2.45) is 0 Å². The first-order valence-corrected chi connectivity index (χ1v) is 11.4. The Bertz CT molecular complexity index is 952. The lowest BCUT2D eigenvalue weighted by molar-refractivity contribution is -0.122. The van der Waals surface area contributed by atoms with E-state index in [9.17, 15) is 13.2 Å². The summed E-state index contributed by atoms with van der Waals surface area (Å²) in [7, 11) is -2.10. The molecule has 0 aliphatic rings. The second kappa shape index (κ2) is 9.31. The maximum Gasteiger partial charge on any atom is 0.244 e. The number of nitrogens with one attached hydrogen (secondary N) is 1. The van der Waals surface area contributed by atoms with Gasteiger partial charge in [0.05, 0.1) is 25.1 Å². The van der Waals surface area contributed by atoms with Gasteiger partial charge < -0.3 is 10.1 Å². The van der Waals surface area contributed by atoms with E-state index in [0.29, 0.717) is 17.9 Å². The predicted octanol–water partition coefficient (Wildman–Crippen LogP) is 3.73. The molecule has 0 spiro atoms. The Kier molecular flexibility index (Phi) is 7.30. The molecule has 0 saturated heterocycles. The van der Waals surface area contributed by atoms with Crippen LogP contribution in [0.4, 0.5) is 5.69 Å². The Hall–Kier alpha value is -2.54. The first-order valence-electron chi connectivity index (χ1n) is 9.59. The summed E-state index contributed by atoms with van der Waals surface area (Å²) in [6, 6.07) is 11.8. The molecule has 1 amide bonds. The first-order chi connectivity index (χ1) is 13.6. The molecule has 29 heavy (non-hydrogen) atoms. The lowest BCUT2D eigenvalue weighted by Crippen LogP contribution is -2.49. The summed E-state index contributed by atoms with van der Waals surface area (Å²) in [5.74, 6) is 0.318. The molecule has 0 bridgehead atoms. The number of para-hydroxylation sites is 1. The molecular formula is C22H30N2O4S. The van der Waals surface area contributed by atoms with Gasteiger partial charge in [0.25, 0.3) is 0 Å². The van der Waals surface area contributed by atoms with Crippen molar-refractivity contribution in [1.82, 2.24) is 5.32 Å². The maximum absolute atomic E-state index is 13.1. The van der Waals surface area contributed by atoms with Crippen molar-refractivity contribution in [1.29, 1.82) is 0 Å². The number of nitrogens with zero attached hydrogens (tertiary/aromatic N) is 1. The Morgan fingerprint density at radius 2 is 1.72 bits per heavy atom. The summed E-state index contributed by atoms with van der Waals surface area (Å²) in [5.41, 5.74) is 3.20. The standard InChI is InChI=1S/C22H30N2O4S/c1-7-20(22(25)23-17(4)19-10-8-9-11-21(19)28-5)24(29(6,26)27)18-13-15(2)12-16(3)14-18/h8-14,17,20H,7H2,1-6H3,(H,23,25)/t17-,20-/m1/s1. The summed E-state index contributed by atoms with van der Waals surface area (Å²) in [6.07, 6.45) is 1.47. The molecular weight excluding hydrogens is 388 g/mol. The second-order valence-corrected chi connectivity index (χ2v) is 9.16. The fourth-order valence-electron chi connectivity index (χ4n) is 3.55. The molecule has 0 heterocycles. The lowest BCUT2D eigenvalue weighted by Gasteiger charge is -2.31. The van der Waals surface area contributed by atoms with E-state index in [1.807, 2.05) is 51.1 Å². The number of hydrogen-bond acceptors (Lipinski definition) is 4. The number of ether oxygens (including phenoxy) is 1. The molecule has 2 aromatic carbocycles. The maximum atomic E-state index is 13.1. The fraction of sp³-hybridized carbons (Fsp3) is 0.409. The van der Waals surface area contributed by atoms with Gasteiger partial charge in [-0.2, -0.15) is 0 Å². The summed E-state index contributed by atoms with van der Waals surface area (Å²) >= 11 is 0. The molecule has 1 N–H and O–H groups in total. The molecule has 0 saturated carbocycles. The number of methoxy groups -OCH3 is 1. The number of anilines is 1. The van der Waals surface area contributed by atoms with E-state index in [2.05, 4.69) is 5.32 Å². The third-order valence-electron chi connectivity index (χ3n) is 4.75. The highest BCUT2D eigenvalue weighted by Gasteiger charge is 2.32. The van der Waals surface area contributed by atoms with E-state index in [4.69, 9.17) is 4.74 Å². The molecule has 0 aliphatic carbocycles. The van der Waals surface area contributed by atoms with Gasteiger partial charge in [-0.15, -0.1) is 0 Å². The van der Waals surface area contributed by atoms with Crippen LogP contribution in [0.5, 0.6) is 5.75 Å². The second-order valence-electron chi connectivity index (χ2n) is 7.30. The van der Waals surface area contributed by atoms with E-state index >= 15 is 0 Å². The molecule has 0 aromatic heterocycles. The molecule has 0 unspecified atom stereocenters. The fourth-order valence-corrected chi connectivity index (χ4v) is 4.75. The summed E-state index contributed by atoms with van der Waals surface area (Å²) < 4.78 is 31.9. The zero-order valence-corrected chi connectivity index (χ0v) is 18.7. The van der Waals surface area contributed by atoms with Crippen molar-refractivity contribution in [3.63, 3.8) is 0 Å². The molecule has 2 aromatic rings.